The Hall–Kier alpha value is -0.420. The molecule has 0 amide bonds. The summed E-state index contributed by atoms with van der Waals surface area (Å²) >= 11 is 1.91. The van der Waals surface area contributed by atoms with E-state index in [0.29, 0.717) is 0 Å². The molecule has 3 nitrogen and oxygen atoms in total. The zero-order valence-corrected chi connectivity index (χ0v) is 11.8. The molecule has 1 aromatic rings. The number of nitrogens with one attached hydrogen (secondary N) is 1. The average molecular weight is 254 g/mol. The molecular formula is C13H22N2OS. The zero-order valence-electron chi connectivity index (χ0n) is 11.0. The fourth-order valence-corrected chi connectivity index (χ4v) is 2.78. The average Bonchev–Trinajstić information content (AvgIpc) is 2.76. The van der Waals surface area contributed by atoms with Crippen molar-refractivity contribution in [3.63, 3.8) is 0 Å². The molecule has 1 N–H and O–H groups in total. The van der Waals surface area contributed by atoms with Crippen LogP contribution in [0.15, 0.2) is 12.1 Å². The maximum Gasteiger partial charge on any atom is 0.0608 e. The Bertz CT molecular complexity index is 351. The first-order chi connectivity index (χ1) is 8.05. The Morgan fingerprint density at radius 1 is 1.29 bits per heavy atom. The van der Waals surface area contributed by atoms with Crippen LogP contribution < -0.4 is 5.43 Å². The molecule has 4 heteroatoms. The summed E-state index contributed by atoms with van der Waals surface area (Å²) in [6.45, 7) is 11.4. The highest BCUT2D eigenvalue weighted by atomic mass is 32.1. The Labute approximate surface area is 108 Å². The van der Waals surface area contributed by atoms with Crippen LogP contribution in [0.3, 0.4) is 0 Å². The van der Waals surface area contributed by atoms with Gasteiger partial charge in [-0.2, -0.15) is 0 Å². The van der Waals surface area contributed by atoms with Crippen molar-refractivity contribution in [1.82, 2.24) is 10.4 Å². The Balaban J connectivity index is 1.84. The molecule has 2 heterocycles. The minimum absolute atomic E-state index is 0.266. The van der Waals surface area contributed by atoms with Gasteiger partial charge in [0.25, 0.3) is 0 Å². The van der Waals surface area contributed by atoms with Crippen molar-refractivity contribution in [3.05, 3.63) is 21.9 Å². The van der Waals surface area contributed by atoms with Crippen molar-refractivity contribution >= 4 is 11.3 Å². The molecule has 0 saturated carbocycles. The number of ether oxygens (including phenoxy) is 1. The fourth-order valence-electron chi connectivity index (χ4n) is 1.79. The monoisotopic (exact) mass is 254 g/mol. The molecule has 1 aromatic heterocycles. The second-order valence-corrected chi connectivity index (χ2v) is 6.62. The van der Waals surface area contributed by atoms with Crippen LogP contribution in [0.4, 0.5) is 0 Å². The van der Waals surface area contributed by atoms with Crippen molar-refractivity contribution in [3.8, 4) is 0 Å². The second kappa shape index (κ2) is 5.48. The quantitative estimate of drug-likeness (QED) is 0.896. The topological polar surface area (TPSA) is 24.5 Å². The molecule has 17 heavy (non-hydrogen) atoms. The van der Waals surface area contributed by atoms with Gasteiger partial charge in [0, 0.05) is 29.4 Å². The fraction of sp³-hybridized carbons (Fsp3) is 0.692. The smallest absolute Gasteiger partial charge is 0.0608 e. The van der Waals surface area contributed by atoms with Crippen LogP contribution in [0, 0.1) is 0 Å². The number of rotatable bonds is 3. The molecule has 0 spiro atoms. The van der Waals surface area contributed by atoms with E-state index in [-0.39, 0.29) is 5.41 Å². The maximum absolute atomic E-state index is 5.32. The summed E-state index contributed by atoms with van der Waals surface area (Å²) in [7, 11) is 0. The van der Waals surface area contributed by atoms with Crippen molar-refractivity contribution in [2.75, 3.05) is 26.3 Å². The van der Waals surface area contributed by atoms with Gasteiger partial charge in [0.05, 0.1) is 13.2 Å². The van der Waals surface area contributed by atoms with E-state index in [1.165, 1.54) is 9.75 Å². The molecule has 0 radical (unpaired) electrons. The molecule has 0 aromatic carbocycles. The van der Waals surface area contributed by atoms with E-state index in [9.17, 15) is 0 Å². The largest absolute Gasteiger partial charge is 0.379 e. The summed E-state index contributed by atoms with van der Waals surface area (Å²) < 4.78 is 5.32. The number of hydrogen-bond acceptors (Lipinski definition) is 4. The van der Waals surface area contributed by atoms with Crippen molar-refractivity contribution in [2.24, 2.45) is 0 Å². The molecule has 0 aliphatic carbocycles. The van der Waals surface area contributed by atoms with E-state index in [1.807, 2.05) is 11.3 Å². The van der Waals surface area contributed by atoms with Crippen LogP contribution in [0.2, 0.25) is 0 Å². The van der Waals surface area contributed by atoms with E-state index < -0.39 is 0 Å². The first-order valence-electron chi connectivity index (χ1n) is 6.21. The third-order valence-corrected chi connectivity index (χ3v) is 4.40. The van der Waals surface area contributed by atoms with Crippen molar-refractivity contribution < 1.29 is 4.74 Å². The minimum atomic E-state index is 0.266. The SMILES string of the molecule is CC(C)(C)c1ccc(CNN2CCOCC2)s1. The van der Waals surface area contributed by atoms with Crippen molar-refractivity contribution in [1.29, 1.82) is 0 Å². The number of nitrogens with zero attached hydrogens (tertiary/aromatic N) is 1. The van der Waals surface area contributed by atoms with E-state index in [2.05, 4.69) is 43.3 Å². The molecule has 96 valence electrons. The first kappa shape index (κ1) is 13.0. The third-order valence-electron chi connectivity index (χ3n) is 2.89. The summed E-state index contributed by atoms with van der Waals surface area (Å²) in [4.78, 5) is 2.86. The summed E-state index contributed by atoms with van der Waals surface area (Å²) in [5.41, 5.74) is 3.73. The highest BCUT2D eigenvalue weighted by molar-refractivity contribution is 7.12. The lowest BCUT2D eigenvalue weighted by molar-refractivity contribution is 0.0107. The Kier molecular flexibility index (Phi) is 4.20. The van der Waals surface area contributed by atoms with E-state index in [0.717, 1.165) is 32.8 Å². The van der Waals surface area contributed by atoms with Gasteiger partial charge in [-0.1, -0.05) is 20.8 Å². The summed E-state index contributed by atoms with van der Waals surface area (Å²) in [6.07, 6.45) is 0. The van der Waals surface area contributed by atoms with Crippen LogP contribution in [0.25, 0.3) is 0 Å². The van der Waals surface area contributed by atoms with E-state index in [1.54, 1.807) is 0 Å². The van der Waals surface area contributed by atoms with E-state index >= 15 is 0 Å². The predicted octanol–water partition coefficient (Wildman–Crippen LogP) is 2.38. The number of thiophene rings is 1. The van der Waals surface area contributed by atoms with Gasteiger partial charge in [0.15, 0.2) is 0 Å². The predicted molar refractivity (Wildman–Crippen MR) is 72.3 cm³/mol. The number of hydrazine groups is 1. The van der Waals surface area contributed by atoms with Gasteiger partial charge in [-0.25, -0.2) is 10.4 Å². The van der Waals surface area contributed by atoms with Gasteiger partial charge in [-0.15, -0.1) is 11.3 Å². The van der Waals surface area contributed by atoms with E-state index in [4.69, 9.17) is 4.74 Å². The molecule has 1 aliphatic heterocycles. The number of morpholine rings is 1. The Morgan fingerprint density at radius 2 is 2.00 bits per heavy atom. The van der Waals surface area contributed by atoms with Gasteiger partial charge in [-0.05, 0) is 17.5 Å². The normalized spacial score (nSPS) is 18.5. The molecule has 0 unspecified atom stereocenters. The zero-order chi connectivity index (χ0) is 12.3. The van der Waals surface area contributed by atoms with Gasteiger partial charge in [0.1, 0.15) is 0 Å². The highest BCUT2D eigenvalue weighted by Gasteiger charge is 2.16. The molecule has 0 atom stereocenters. The van der Waals surface area contributed by atoms with Gasteiger partial charge in [-0.3, -0.25) is 0 Å². The summed E-state index contributed by atoms with van der Waals surface area (Å²) in [5.74, 6) is 0. The maximum atomic E-state index is 5.32. The van der Waals surface area contributed by atoms with Crippen LogP contribution in [0.1, 0.15) is 30.5 Å². The first-order valence-corrected chi connectivity index (χ1v) is 7.03. The molecule has 1 fully saturated rings. The molecular weight excluding hydrogens is 232 g/mol. The van der Waals surface area contributed by atoms with Crippen LogP contribution in [-0.2, 0) is 16.7 Å². The van der Waals surface area contributed by atoms with Crippen molar-refractivity contribution in [2.45, 2.75) is 32.7 Å². The molecule has 2 rings (SSSR count). The number of hydrogen-bond donors (Lipinski definition) is 1. The standard InChI is InChI=1S/C13H22N2OS/c1-13(2,3)12-5-4-11(17-12)10-14-15-6-8-16-9-7-15/h4-5,14H,6-10H2,1-3H3. The van der Waals surface area contributed by atoms with Crippen LogP contribution >= 0.6 is 11.3 Å². The van der Waals surface area contributed by atoms with Gasteiger partial charge in [0.2, 0.25) is 0 Å². The minimum Gasteiger partial charge on any atom is -0.379 e. The lowest BCUT2D eigenvalue weighted by Gasteiger charge is -2.27. The summed E-state index contributed by atoms with van der Waals surface area (Å²) in [6, 6.07) is 4.49. The van der Waals surface area contributed by atoms with Crippen LogP contribution in [-0.4, -0.2) is 31.3 Å². The Morgan fingerprint density at radius 3 is 2.59 bits per heavy atom. The highest BCUT2D eigenvalue weighted by Crippen LogP contribution is 2.29. The molecule has 1 saturated heterocycles. The lowest BCUT2D eigenvalue weighted by atomic mass is 9.95. The van der Waals surface area contributed by atoms with Crippen LogP contribution in [0.5, 0.6) is 0 Å². The summed E-state index contributed by atoms with van der Waals surface area (Å²) in [5, 5.41) is 2.25. The molecule has 0 bridgehead atoms. The second-order valence-electron chi connectivity index (χ2n) is 5.45. The molecule has 1 aliphatic rings. The van der Waals surface area contributed by atoms with Gasteiger partial charge < -0.3 is 4.74 Å². The van der Waals surface area contributed by atoms with Gasteiger partial charge >= 0.3 is 0 Å². The third kappa shape index (κ3) is 3.78. The lowest BCUT2D eigenvalue weighted by Crippen LogP contribution is -2.45.